The number of hydrogen-bond acceptors (Lipinski definition) is 6. The summed E-state index contributed by atoms with van der Waals surface area (Å²) in [6.07, 6.45) is 9.10. The average molecular weight is 547 g/mol. The van der Waals surface area contributed by atoms with Crippen LogP contribution in [0.2, 0.25) is 0 Å². The van der Waals surface area contributed by atoms with Crippen LogP contribution in [-0.4, -0.2) is 49.9 Å². The summed E-state index contributed by atoms with van der Waals surface area (Å²) >= 11 is 0. The molecule has 1 saturated carbocycles. The zero-order chi connectivity index (χ0) is 28.2. The third-order valence-electron chi connectivity index (χ3n) is 8.47. The number of carbonyl (C=O) groups excluding carboxylic acids is 1. The third kappa shape index (κ3) is 4.39. The molecular weight excluding hydrogens is 519 g/mol. The van der Waals surface area contributed by atoms with Crippen LogP contribution in [0, 0.1) is 41.8 Å². The smallest absolute Gasteiger partial charge is 0.251 e. The number of aromatic nitrogens is 5. The summed E-state index contributed by atoms with van der Waals surface area (Å²) in [5, 5.41) is 21.4. The van der Waals surface area contributed by atoms with E-state index in [0.29, 0.717) is 35.4 Å². The highest BCUT2D eigenvalue weighted by molar-refractivity contribution is 5.95. The fraction of sp³-hybridized carbons (Fsp3) is 0.258. The molecular formula is C31H27FN8O. The van der Waals surface area contributed by atoms with Crippen LogP contribution in [0.4, 0.5) is 10.2 Å². The first-order valence-corrected chi connectivity index (χ1v) is 13.6. The van der Waals surface area contributed by atoms with E-state index in [1.807, 2.05) is 44.7 Å². The summed E-state index contributed by atoms with van der Waals surface area (Å²) in [7, 11) is 1.88. The van der Waals surface area contributed by atoms with Crippen molar-refractivity contribution in [3.63, 3.8) is 0 Å². The highest BCUT2D eigenvalue weighted by atomic mass is 19.1. The highest BCUT2D eigenvalue weighted by Crippen LogP contribution is 2.52. The van der Waals surface area contributed by atoms with Gasteiger partial charge in [0, 0.05) is 73.1 Å². The van der Waals surface area contributed by atoms with Crippen LogP contribution in [0.3, 0.4) is 0 Å². The third-order valence-corrected chi connectivity index (χ3v) is 8.47. The number of amides is 1. The zero-order valence-corrected chi connectivity index (χ0v) is 22.6. The number of nitrogens with one attached hydrogen (secondary N) is 1. The molecule has 41 heavy (non-hydrogen) atoms. The van der Waals surface area contributed by atoms with E-state index < -0.39 is 5.82 Å². The van der Waals surface area contributed by atoms with Gasteiger partial charge in [-0.15, -0.1) is 0 Å². The second-order valence-electron chi connectivity index (χ2n) is 11.0. The predicted molar refractivity (Wildman–Crippen MR) is 151 cm³/mol. The van der Waals surface area contributed by atoms with Crippen LogP contribution in [0.5, 0.6) is 0 Å². The first-order chi connectivity index (χ1) is 19.9. The molecule has 1 amide bonds. The van der Waals surface area contributed by atoms with Crippen LogP contribution in [-0.2, 0) is 7.05 Å². The first-order valence-electron chi connectivity index (χ1n) is 13.6. The number of pyridine rings is 2. The van der Waals surface area contributed by atoms with Gasteiger partial charge in [-0.1, -0.05) is 6.07 Å². The number of carbonyl (C=O) groups is 1. The molecule has 1 N–H and O–H groups in total. The molecule has 1 aromatic carbocycles. The first kappa shape index (κ1) is 25.0. The van der Waals surface area contributed by atoms with E-state index in [0.717, 1.165) is 52.2 Å². The number of rotatable bonds is 6. The Balaban J connectivity index is 1.05. The molecule has 5 aromatic rings. The summed E-state index contributed by atoms with van der Waals surface area (Å²) < 4.78 is 17.1. The van der Waals surface area contributed by atoms with Gasteiger partial charge >= 0.3 is 0 Å². The van der Waals surface area contributed by atoms with Gasteiger partial charge < -0.3 is 10.2 Å². The van der Waals surface area contributed by atoms with E-state index in [1.54, 1.807) is 27.7 Å². The largest absolute Gasteiger partial charge is 0.356 e. The molecule has 0 radical (unpaired) electrons. The Morgan fingerprint density at radius 1 is 1.05 bits per heavy atom. The topological polar surface area (TPSA) is 104 Å². The maximum atomic E-state index is 13.6. The number of aryl methyl sites for hydroxylation is 2. The van der Waals surface area contributed by atoms with E-state index in [4.69, 9.17) is 4.98 Å². The predicted octanol–water partition coefficient (Wildman–Crippen LogP) is 4.23. The van der Waals surface area contributed by atoms with Crippen LogP contribution >= 0.6 is 0 Å². The molecule has 204 valence electrons. The van der Waals surface area contributed by atoms with Crippen molar-refractivity contribution in [1.82, 2.24) is 29.7 Å². The molecule has 0 bridgehead atoms. The summed E-state index contributed by atoms with van der Waals surface area (Å²) in [6.45, 7) is 4.19. The Labute approximate surface area is 235 Å². The van der Waals surface area contributed by atoms with E-state index >= 15 is 0 Å². The van der Waals surface area contributed by atoms with Crippen LogP contribution in [0.15, 0.2) is 67.4 Å². The molecule has 0 unspecified atom stereocenters. The maximum absolute atomic E-state index is 13.6. The van der Waals surface area contributed by atoms with Crippen LogP contribution < -0.4 is 10.2 Å². The Kier molecular flexibility index (Phi) is 5.82. The van der Waals surface area contributed by atoms with Gasteiger partial charge in [-0.3, -0.25) is 9.48 Å². The zero-order valence-electron chi connectivity index (χ0n) is 22.6. The minimum absolute atomic E-state index is 0.222. The van der Waals surface area contributed by atoms with Crippen molar-refractivity contribution in [3.8, 4) is 28.3 Å². The Morgan fingerprint density at radius 2 is 1.88 bits per heavy atom. The fourth-order valence-corrected chi connectivity index (χ4v) is 6.17. The quantitative estimate of drug-likeness (QED) is 0.342. The molecule has 0 spiro atoms. The lowest BCUT2D eigenvalue weighted by atomic mass is 10.0. The van der Waals surface area contributed by atoms with E-state index in [9.17, 15) is 14.4 Å². The van der Waals surface area contributed by atoms with Crippen LogP contribution in [0.1, 0.15) is 21.5 Å². The molecule has 1 saturated heterocycles. The fourth-order valence-electron chi connectivity index (χ4n) is 6.17. The molecule has 10 heteroatoms. The molecule has 1 aliphatic carbocycles. The van der Waals surface area contributed by atoms with E-state index in [-0.39, 0.29) is 5.91 Å². The number of halogens is 1. The molecule has 4 aromatic heterocycles. The van der Waals surface area contributed by atoms with Crippen molar-refractivity contribution in [1.29, 1.82) is 5.26 Å². The molecule has 1 aliphatic heterocycles. The highest BCUT2D eigenvalue weighted by Gasteiger charge is 2.55. The minimum Gasteiger partial charge on any atom is -0.356 e. The second-order valence-corrected chi connectivity index (χ2v) is 11.0. The molecule has 9 nitrogen and oxygen atoms in total. The molecule has 5 heterocycles. The normalized spacial score (nSPS) is 19.3. The van der Waals surface area contributed by atoms with Crippen molar-refractivity contribution in [3.05, 3.63) is 89.9 Å². The Hall–Kier alpha value is -5.04. The van der Waals surface area contributed by atoms with Crippen molar-refractivity contribution < 1.29 is 9.18 Å². The van der Waals surface area contributed by atoms with E-state index in [2.05, 4.69) is 32.5 Å². The lowest BCUT2D eigenvalue weighted by Gasteiger charge is -2.21. The number of fused-ring (bicyclic) bond motifs is 2. The average Bonchev–Trinajstić information content (AvgIpc) is 3.42. The second kappa shape index (κ2) is 9.55. The Morgan fingerprint density at radius 3 is 2.59 bits per heavy atom. The lowest BCUT2D eigenvalue weighted by Crippen LogP contribution is -2.31. The number of benzene rings is 1. The number of nitrogens with zero attached hydrogens (tertiary/aromatic N) is 7. The van der Waals surface area contributed by atoms with Gasteiger partial charge in [0.25, 0.3) is 5.91 Å². The number of hydrogen-bond donors (Lipinski definition) is 1. The van der Waals surface area contributed by atoms with Crippen molar-refractivity contribution >= 4 is 17.2 Å². The van der Waals surface area contributed by atoms with Crippen molar-refractivity contribution in [2.24, 2.45) is 24.8 Å². The summed E-state index contributed by atoms with van der Waals surface area (Å²) in [6, 6.07) is 12.7. The standard InChI is InChI=1S/C31H27FN8O/c1-18-3-5-23(32)8-24(18)31(41)35-13-26-27-16-39(17-28(26)27)29-6-4-19(10-34-29)25-7-20(22-12-36-38(2)14-22)15-40-30(25)21(9-33)11-37-40/h3-8,10-12,14-15,26-28H,13,16-17H2,1-2H3,(H,35,41)/t26-,27-,28+. The van der Waals surface area contributed by atoms with Gasteiger partial charge in [0.2, 0.25) is 0 Å². The summed E-state index contributed by atoms with van der Waals surface area (Å²) in [4.78, 5) is 19.7. The van der Waals surface area contributed by atoms with Gasteiger partial charge in [0.15, 0.2) is 0 Å². The van der Waals surface area contributed by atoms with Crippen LogP contribution in [0.25, 0.3) is 27.8 Å². The van der Waals surface area contributed by atoms with Gasteiger partial charge in [0.05, 0.1) is 23.5 Å². The molecule has 7 rings (SSSR count). The molecule has 2 aliphatic rings. The number of nitriles is 1. The molecule has 3 atom stereocenters. The van der Waals surface area contributed by atoms with Gasteiger partial charge in [-0.25, -0.2) is 13.9 Å². The van der Waals surface area contributed by atoms with Crippen molar-refractivity contribution in [2.45, 2.75) is 6.92 Å². The summed E-state index contributed by atoms with van der Waals surface area (Å²) in [5.74, 6) is 1.73. The lowest BCUT2D eigenvalue weighted by molar-refractivity contribution is 0.0949. The van der Waals surface area contributed by atoms with Gasteiger partial charge in [0.1, 0.15) is 17.7 Å². The maximum Gasteiger partial charge on any atom is 0.251 e. The van der Waals surface area contributed by atoms with Crippen molar-refractivity contribution in [2.75, 3.05) is 24.5 Å². The Bertz CT molecular complexity index is 1840. The van der Waals surface area contributed by atoms with Gasteiger partial charge in [-0.05, 0) is 60.6 Å². The minimum atomic E-state index is -0.403. The SMILES string of the molecule is Cc1ccc(F)cc1C(=O)NC[C@@H]1[C@H]2CN(c3ccc(-c4cc(-c5cnn(C)c5)cn5ncc(C#N)c45)cn3)C[C@@H]12. The monoisotopic (exact) mass is 546 g/mol. The summed E-state index contributed by atoms with van der Waals surface area (Å²) in [5.41, 5.74) is 6.10. The number of anilines is 1. The van der Waals surface area contributed by atoms with Gasteiger partial charge in [-0.2, -0.15) is 15.5 Å². The van der Waals surface area contributed by atoms with E-state index in [1.165, 1.54) is 12.1 Å². The number of piperidine rings is 1. The molecule has 2 fully saturated rings.